The van der Waals surface area contributed by atoms with Crippen molar-refractivity contribution in [3.63, 3.8) is 0 Å². The van der Waals surface area contributed by atoms with Gasteiger partial charge in [-0.25, -0.2) is 13.2 Å². The normalized spacial score (nSPS) is 11.8. The summed E-state index contributed by atoms with van der Waals surface area (Å²) in [4.78, 5) is 0. The zero-order valence-corrected chi connectivity index (χ0v) is 14.7. The number of halogens is 5. The van der Waals surface area contributed by atoms with Gasteiger partial charge in [-0.3, -0.25) is 0 Å². The Labute approximate surface area is 149 Å². The first kappa shape index (κ1) is 20.2. The van der Waals surface area contributed by atoms with Crippen molar-refractivity contribution in [2.45, 2.75) is 52.1 Å². The van der Waals surface area contributed by atoms with Crippen LogP contribution in [0.1, 0.15) is 48.4 Å². The molecule has 1 nitrogen and oxygen atoms in total. The summed E-state index contributed by atoms with van der Waals surface area (Å²) in [6.07, 6.45) is -5.96. The molecule has 0 amide bonds. The maximum absolute atomic E-state index is 14.1. The van der Waals surface area contributed by atoms with Crippen molar-refractivity contribution in [2.75, 3.05) is 0 Å². The van der Waals surface area contributed by atoms with E-state index in [0.29, 0.717) is 0 Å². The molecule has 2 aromatic rings. The number of aryl methyl sites for hydroxylation is 3. The summed E-state index contributed by atoms with van der Waals surface area (Å²) >= 11 is 0. The molecule has 0 aliphatic carbocycles. The zero-order valence-electron chi connectivity index (χ0n) is 14.7. The third-order valence-electron chi connectivity index (χ3n) is 4.11. The Morgan fingerprint density at radius 2 is 1.65 bits per heavy atom. The van der Waals surface area contributed by atoms with Gasteiger partial charge in [-0.15, -0.1) is 0 Å². The molecule has 6 heteroatoms. The van der Waals surface area contributed by atoms with Gasteiger partial charge in [0.2, 0.25) is 0 Å². The predicted octanol–water partition coefficient (Wildman–Crippen LogP) is 6.63. The minimum Gasteiger partial charge on any atom is -0.433 e. The largest absolute Gasteiger partial charge is 0.433 e. The second-order valence-corrected chi connectivity index (χ2v) is 6.20. The fourth-order valence-corrected chi connectivity index (χ4v) is 2.71. The van der Waals surface area contributed by atoms with Crippen LogP contribution in [0.25, 0.3) is 0 Å². The molecule has 2 aromatic carbocycles. The predicted molar refractivity (Wildman–Crippen MR) is 90.4 cm³/mol. The minimum atomic E-state index is -3.53. The first-order valence-electron chi connectivity index (χ1n) is 8.45. The van der Waals surface area contributed by atoms with Crippen molar-refractivity contribution in [2.24, 2.45) is 0 Å². The van der Waals surface area contributed by atoms with Gasteiger partial charge in [0.25, 0.3) is 6.43 Å². The second kappa shape index (κ2) is 8.52. The summed E-state index contributed by atoms with van der Waals surface area (Å²) in [5, 5.41) is 0. The van der Waals surface area contributed by atoms with Gasteiger partial charge < -0.3 is 4.74 Å². The van der Waals surface area contributed by atoms with E-state index in [0.717, 1.165) is 18.4 Å². The SMILES string of the molecule is CCCc1ccc(OC(F)(F)CCc2ccc(C)c(C(F)F)c2F)cc1. The molecule has 0 unspecified atom stereocenters. The Hall–Kier alpha value is -2.11. The fourth-order valence-electron chi connectivity index (χ4n) is 2.71. The topological polar surface area (TPSA) is 9.23 Å². The maximum atomic E-state index is 14.1. The molecule has 0 saturated heterocycles. The molecule has 0 aromatic heterocycles. The van der Waals surface area contributed by atoms with Crippen LogP contribution in [0, 0.1) is 12.7 Å². The van der Waals surface area contributed by atoms with E-state index in [1.165, 1.54) is 31.2 Å². The average Bonchev–Trinajstić information content (AvgIpc) is 2.55. The van der Waals surface area contributed by atoms with Gasteiger partial charge >= 0.3 is 6.11 Å². The molecule has 26 heavy (non-hydrogen) atoms. The molecule has 0 aliphatic rings. The van der Waals surface area contributed by atoms with Gasteiger partial charge in [0.05, 0.1) is 12.0 Å². The standard InChI is InChI=1S/C20H21F5O/c1-3-4-14-6-9-16(10-7-14)26-20(24,25)12-11-15-8-5-13(2)17(18(15)21)19(22)23/h5-10,19H,3-4,11-12H2,1-2H3. The third-order valence-corrected chi connectivity index (χ3v) is 4.11. The quantitative estimate of drug-likeness (QED) is 0.473. The Balaban J connectivity index is 2.04. The summed E-state index contributed by atoms with van der Waals surface area (Å²) in [7, 11) is 0. The van der Waals surface area contributed by atoms with E-state index >= 15 is 0 Å². The van der Waals surface area contributed by atoms with Crippen molar-refractivity contribution in [3.05, 3.63) is 64.5 Å². The minimum absolute atomic E-state index is 0.00694. The van der Waals surface area contributed by atoms with Crippen LogP contribution in [0.3, 0.4) is 0 Å². The summed E-state index contributed by atoms with van der Waals surface area (Å²) in [6.45, 7) is 3.37. The molecule has 0 radical (unpaired) electrons. The van der Waals surface area contributed by atoms with E-state index < -0.39 is 36.8 Å². The zero-order chi connectivity index (χ0) is 19.3. The summed E-state index contributed by atoms with van der Waals surface area (Å²) in [5.41, 5.74) is 0.201. The van der Waals surface area contributed by atoms with Gasteiger partial charge in [-0.05, 0) is 48.6 Å². The van der Waals surface area contributed by atoms with Gasteiger partial charge in [0, 0.05) is 0 Å². The summed E-state index contributed by atoms with van der Waals surface area (Å²) < 4.78 is 72.7. The number of ether oxygens (including phenoxy) is 1. The second-order valence-electron chi connectivity index (χ2n) is 6.20. The number of benzene rings is 2. The van der Waals surface area contributed by atoms with E-state index in [-0.39, 0.29) is 16.9 Å². The van der Waals surface area contributed by atoms with Crippen LogP contribution in [0.5, 0.6) is 5.75 Å². The smallest absolute Gasteiger partial charge is 0.398 e. The number of rotatable bonds is 8. The Morgan fingerprint density at radius 3 is 2.23 bits per heavy atom. The van der Waals surface area contributed by atoms with Crippen molar-refractivity contribution >= 4 is 0 Å². The Kier molecular flexibility index (Phi) is 6.62. The molecule has 0 bridgehead atoms. The van der Waals surface area contributed by atoms with Gasteiger partial charge in [-0.2, -0.15) is 8.78 Å². The van der Waals surface area contributed by atoms with Crippen LogP contribution in [0.15, 0.2) is 36.4 Å². The molecule has 0 N–H and O–H groups in total. The lowest BCUT2D eigenvalue weighted by Crippen LogP contribution is -2.25. The van der Waals surface area contributed by atoms with Crippen molar-refractivity contribution in [1.82, 2.24) is 0 Å². The Bertz CT molecular complexity index is 726. The molecule has 2 rings (SSSR count). The third kappa shape index (κ3) is 5.19. The van der Waals surface area contributed by atoms with Crippen LogP contribution in [0.2, 0.25) is 0 Å². The van der Waals surface area contributed by atoms with Crippen molar-refractivity contribution in [1.29, 1.82) is 0 Å². The summed E-state index contributed by atoms with van der Waals surface area (Å²) in [5.74, 6) is -1.12. The summed E-state index contributed by atoms with van der Waals surface area (Å²) in [6, 6.07) is 8.91. The van der Waals surface area contributed by atoms with Gasteiger partial charge in [0.15, 0.2) is 0 Å². The highest BCUT2D eigenvalue weighted by atomic mass is 19.3. The maximum Gasteiger partial charge on any atom is 0.398 e. The first-order valence-corrected chi connectivity index (χ1v) is 8.45. The van der Waals surface area contributed by atoms with Gasteiger partial charge in [-0.1, -0.05) is 37.6 Å². The molecule has 0 heterocycles. The molecule has 0 aliphatic heterocycles. The molecule has 0 atom stereocenters. The van der Waals surface area contributed by atoms with E-state index in [2.05, 4.69) is 0 Å². The van der Waals surface area contributed by atoms with Crippen LogP contribution in [-0.2, 0) is 12.8 Å². The van der Waals surface area contributed by atoms with Crippen molar-refractivity contribution in [3.8, 4) is 5.75 Å². The molecule has 0 spiro atoms. The molecular formula is C20H21F5O. The molecular weight excluding hydrogens is 351 g/mol. The highest BCUT2D eigenvalue weighted by Crippen LogP contribution is 2.31. The van der Waals surface area contributed by atoms with E-state index in [1.807, 2.05) is 6.92 Å². The van der Waals surface area contributed by atoms with Crippen LogP contribution in [-0.4, -0.2) is 6.11 Å². The Morgan fingerprint density at radius 1 is 1.00 bits per heavy atom. The van der Waals surface area contributed by atoms with Crippen LogP contribution < -0.4 is 4.74 Å². The molecule has 142 valence electrons. The first-order chi connectivity index (χ1) is 12.2. The molecule has 0 saturated carbocycles. The average molecular weight is 372 g/mol. The lowest BCUT2D eigenvalue weighted by Gasteiger charge is -2.19. The van der Waals surface area contributed by atoms with Crippen LogP contribution >= 0.6 is 0 Å². The monoisotopic (exact) mass is 372 g/mol. The lowest BCUT2D eigenvalue weighted by molar-refractivity contribution is -0.180. The fraction of sp³-hybridized carbons (Fsp3) is 0.400. The highest BCUT2D eigenvalue weighted by molar-refractivity contribution is 5.34. The number of hydrogen-bond donors (Lipinski definition) is 0. The highest BCUT2D eigenvalue weighted by Gasteiger charge is 2.32. The molecule has 0 fully saturated rings. The lowest BCUT2D eigenvalue weighted by atomic mass is 10.0. The van der Waals surface area contributed by atoms with E-state index in [4.69, 9.17) is 4.74 Å². The van der Waals surface area contributed by atoms with Crippen molar-refractivity contribution < 1.29 is 26.7 Å². The van der Waals surface area contributed by atoms with E-state index in [9.17, 15) is 22.0 Å². The number of hydrogen-bond acceptors (Lipinski definition) is 1. The van der Waals surface area contributed by atoms with Gasteiger partial charge in [0.1, 0.15) is 11.6 Å². The number of alkyl halides is 4. The van der Waals surface area contributed by atoms with E-state index in [1.54, 1.807) is 12.1 Å². The van der Waals surface area contributed by atoms with Crippen LogP contribution in [0.4, 0.5) is 22.0 Å².